The third-order valence-electron chi connectivity index (χ3n) is 6.54. The van der Waals surface area contributed by atoms with Crippen LogP contribution in [-0.4, -0.2) is 57.0 Å². The molecule has 164 valence electrons. The van der Waals surface area contributed by atoms with Gasteiger partial charge in [0.2, 0.25) is 0 Å². The normalized spacial score (nSPS) is 17.7. The summed E-state index contributed by atoms with van der Waals surface area (Å²) in [6.07, 6.45) is 10.2. The van der Waals surface area contributed by atoms with E-state index in [1.165, 1.54) is 18.5 Å². The molecule has 1 unspecified atom stereocenters. The first-order chi connectivity index (χ1) is 15.8. The molecule has 2 aliphatic rings. The first-order valence-electron chi connectivity index (χ1n) is 11.3. The maximum atomic E-state index is 6.03. The molecule has 1 aliphatic carbocycles. The van der Waals surface area contributed by atoms with Crippen molar-refractivity contribution in [1.82, 2.24) is 24.1 Å². The molecule has 0 spiro atoms. The lowest BCUT2D eigenvalue weighted by molar-refractivity contribution is 0.122. The zero-order valence-corrected chi connectivity index (χ0v) is 18.0. The predicted molar refractivity (Wildman–Crippen MR) is 123 cm³/mol. The van der Waals surface area contributed by atoms with E-state index < -0.39 is 0 Å². The summed E-state index contributed by atoms with van der Waals surface area (Å²) in [4.78, 5) is 11.9. The van der Waals surface area contributed by atoms with E-state index in [0.29, 0.717) is 12.5 Å². The van der Waals surface area contributed by atoms with Crippen molar-refractivity contribution in [2.24, 2.45) is 11.7 Å². The van der Waals surface area contributed by atoms with Crippen LogP contribution in [0.3, 0.4) is 0 Å². The Balaban J connectivity index is 1.35. The van der Waals surface area contributed by atoms with E-state index in [2.05, 4.69) is 45.4 Å². The monoisotopic (exact) mass is 429 g/mol. The fourth-order valence-electron chi connectivity index (χ4n) is 4.57. The van der Waals surface area contributed by atoms with Crippen LogP contribution in [0, 0.1) is 5.92 Å². The lowest BCUT2D eigenvalue weighted by Gasteiger charge is -2.28. The Morgan fingerprint density at radius 2 is 1.91 bits per heavy atom. The number of nitrogens with zero attached hydrogens (tertiary/aromatic N) is 6. The number of fused-ring (bicyclic) bond motifs is 1. The number of anilines is 1. The van der Waals surface area contributed by atoms with Gasteiger partial charge in [0.15, 0.2) is 0 Å². The molecule has 32 heavy (non-hydrogen) atoms. The summed E-state index contributed by atoms with van der Waals surface area (Å²) in [6, 6.07) is 10.9. The Labute approximate surface area is 186 Å². The molecule has 8 heteroatoms. The number of aromatic nitrogens is 5. The Kier molecular flexibility index (Phi) is 4.88. The van der Waals surface area contributed by atoms with Crippen LogP contribution >= 0.6 is 0 Å². The van der Waals surface area contributed by atoms with Crippen LogP contribution in [0.2, 0.25) is 0 Å². The topological polar surface area (TPSA) is 86.5 Å². The molecular formula is C24H27N7O. The molecule has 6 rings (SSSR count). The smallest absolute Gasteiger partial charge is 0.149 e. The van der Waals surface area contributed by atoms with Crippen LogP contribution in [-0.2, 0) is 4.74 Å². The second-order valence-electron chi connectivity index (χ2n) is 8.62. The third-order valence-corrected chi connectivity index (χ3v) is 6.54. The van der Waals surface area contributed by atoms with Gasteiger partial charge in [-0.05, 0) is 30.9 Å². The van der Waals surface area contributed by atoms with Crippen LogP contribution in [0.25, 0.3) is 28.3 Å². The summed E-state index contributed by atoms with van der Waals surface area (Å²) in [5.41, 5.74) is 11.1. The van der Waals surface area contributed by atoms with Gasteiger partial charge < -0.3 is 15.4 Å². The Hall–Kier alpha value is -3.23. The van der Waals surface area contributed by atoms with Crippen LogP contribution in [0.4, 0.5) is 5.69 Å². The third kappa shape index (κ3) is 3.55. The highest BCUT2D eigenvalue weighted by atomic mass is 16.5. The van der Waals surface area contributed by atoms with Crippen LogP contribution in [0.5, 0.6) is 0 Å². The Morgan fingerprint density at radius 1 is 1.09 bits per heavy atom. The molecule has 0 radical (unpaired) electrons. The minimum absolute atomic E-state index is 0.262. The highest BCUT2D eigenvalue weighted by molar-refractivity contribution is 5.70. The number of rotatable bonds is 6. The average molecular weight is 430 g/mol. The average Bonchev–Trinajstić information content (AvgIpc) is 3.36. The second-order valence-corrected chi connectivity index (χ2v) is 8.62. The summed E-state index contributed by atoms with van der Waals surface area (Å²) >= 11 is 0. The van der Waals surface area contributed by atoms with Gasteiger partial charge in [0.05, 0.1) is 36.7 Å². The van der Waals surface area contributed by atoms with E-state index in [0.717, 1.165) is 54.6 Å². The molecule has 1 saturated carbocycles. The van der Waals surface area contributed by atoms with E-state index in [-0.39, 0.29) is 6.04 Å². The van der Waals surface area contributed by atoms with Gasteiger partial charge in [0.1, 0.15) is 11.5 Å². The lowest BCUT2D eigenvalue weighted by atomic mass is 10.1. The van der Waals surface area contributed by atoms with Gasteiger partial charge in [-0.3, -0.25) is 9.08 Å². The molecular weight excluding hydrogens is 402 g/mol. The lowest BCUT2D eigenvalue weighted by Crippen LogP contribution is -2.36. The summed E-state index contributed by atoms with van der Waals surface area (Å²) < 4.78 is 9.50. The fourth-order valence-corrected chi connectivity index (χ4v) is 4.57. The van der Waals surface area contributed by atoms with Crippen molar-refractivity contribution in [3.63, 3.8) is 0 Å². The minimum Gasteiger partial charge on any atom is -0.378 e. The van der Waals surface area contributed by atoms with Crippen molar-refractivity contribution in [2.45, 2.75) is 18.9 Å². The van der Waals surface area contributed by atoms with Crippen LogP contribution in [0.1, 0.15) is 18.9 Å². The van der Waals surface area contributed by atoms with Crippen molar-refractivity contribution in [3.8, 4) is 22.6 Å². The molecule has 1 saturated heterocycles. The zero-order chi connectivity index (χ0) is 21.5. The molecule has 2 fully saturated rings. The number of ether oxygens (including phenoxy) is 1. The molecule has 1 aliphatic heterocycles. The number of hydrogen-bond donors (Lipinski definition) is 1. The highest BCUT2D eigenvalue weighted by Crippen LogP contribution is 2.39. The standard InChI is InChI=1S/C24H27N7O/c25-14-22(18-1-2-18)31-16-19(15-27-31)24-28-21(13-23-26-7-8-30(23)24)17-3-5-20(6-4-17)29-9-11-32-12-10-29/h3-8,13,15-16,18,22H,1-2,9-12,14,25H2. The first kappa shape index (κ1) is 19.5. The molecule has 3 aromatic heterocycles. The molecule has 1 aromatic carbocycles. The number of hydrogen-bond acceptors (Lipinski definition) is 6. The van der Waals surface area contributed by atoms with Gasteiger partial charge in [-0.25, -0.2) is 9.97 Å². The molecule has 0 amide bonds. The number of nitrogens with two attached hydrogens (primary N) is 1. The number of imidazole rings is 1. The maximum Gasteiger partial charge on any atom is 0.149 e. The summed E-state index contributed by atoms with van der Waals surface area (Å²) in [5, 5.41) is 4.63. The first-order valence-corrected chi connectivity index (χ1v) is 11.3. The highest BCUT2D eigenvalue weighted by Gasteiger charge is 2.32. The van der Waals surface area contributed by atoms with Gasteiger partial charge in [-0.15, -0.1) is 0 Å². The molecule has 8 nitrogen and oxygen atoms in total. The second kappa shape index (κ2) is 8.03. The molecule has 1 atom stereocenters. The van der Waals surface area contributed by atoms with E-state index in [1.807, 2.05) is 33.7 Å². The summed E-state index contributed by atoms with van der Waals surface area (Å²) in [7, 11) is 0. The fraction of sp³-hybridized carbons (Fsp3) is 0.375. The quantitative estimate of drug-likeness (QED) is 0.507. The van der Waals surface area contributed by atoms with Crippen molar-refractivity contribution < 1.29 is 4.74 Å². The number of benzene rings is 1. The van der Waals surface area contributed by atoms with E-state index in [9.17, 15) is 0 Å². The predicted octanol–water partition coefficient (Wildman–Crippen LogP) is 3.01. The molecule has 4 heterocycles. The van der Waals surface area contributed by atoms with E-state index in [1.54, 1.807) is 0 Å². The van der Waals surface area contributed by atoms with Crippen molar-refractivity contribution in [2.75, 3.05) is 37.7 Å². The van der Waals surface area contributed by atoms with Crippen molar-refractivity contribution >= 4 is 11.3 Å². The van der Waals surface area contributed by atoms with Gasteiger partial charge >= 0.3 is 0 Å². The van der Waals surface area contributed by atoms with Crippen molar-refractivity contribution in [3.05, 3.63) is 55.1 Å². The minimum atomic E-state index is 0.262. The van der Waals surface area contributed by atoms with Gasteiger partial charge in [0, 0.05) is 55.5 Å². The SMILES string of the molecule is NCC(C1CC1)n1cc(-c2nc(-c3ccc(N4CCOCC4)cc3)cc3nccn23)cn1. The van der Waals surface area contributed by atoms with Crippen LogP contribution in [0.15, 0.2) is 55.1 Å². The molecule has 0 bridgehead atoms. The maximum absolute atomic E-state index is 6.03. The molecule has 2 N–H and O–H groups in total. The van der Waals surface area contributed by atoms with Gasteiger partial charge in [-0.2, -0.15) is 5.10 Å². The number of morpholine rings is 1. The largest absolute Gasteiger partial charge is 0.378 e. The van der Waals surface area contributed by atoms with E-state index >= 15 is 0 Å². The van der Waals surface area contributed by atoms with Crippen molar-refractivity contribution in [1.29, 1.82) is 0 Å². The summed E-state index contributed by atoms with van der Waals surface area (Å²) in [5.74, 6) is 1.48. The Morgan fingerprint density at radius 3 is 2.66 bits per heavy atom. The summed E-state index contributed by atoms with van der Waals surface area (Å²) in [6.45, 7) is 4.02. The van der Waals surface area contributed by atoms with Gasteiger partial charge in [-0.1, -0.05) is 12.1 Å². The Bertz CT molecular complexity index is 1220. The van der Waals surface area contributed by atoms with Gasteiger partial charge in [0.25, 0.3) is 0 Å². The molecule has 4 aromatic rings. The zero-order valence-electron chi connectivity index (χ0n) is 18.0. The van der Waals surface area contributed by atoms with E-state index in [4.69, 9.17) is 15.5 Å². The van der Waals surface area contributed by atoms with Crippen LogP contribution < -0.4 is 10.6 Å².